The minimum atomic E-state index is -4.99. The molecule has 0 saturated carbocycles. The van der Waals surface area contributed by atoms with Gasteiger partial charge >= 0.3 is 18.1 Å². The van der Waals surface area contributed by atoms with Crippen molar-refractivity contribution in [2.24, 2.45) is 0 Å². The third-order valence-electron chi connectivity index (χ3n) is 1.36. The minimum absolute atomic E-state index is 0.445. The number of halogens is 3. The van der Waals surface area contributed by atoms with E-state index >= 15 is 0 Å². The summed E-state index contributed by atoms with van der Waals surface area (Å²) in [6.07, 6.45) is -4.99. The zero-order valence-corrected chi connectivity index (χ0v) is 7.35. The third kappa shape index (κ3) is 2.81. The van der Waals surface area contributed by atoms with Crippen LogP contribution in [0.4, 0.5) is 19.0 Å². The summed E-state index contributed by atoms with van der Waals surface area (Å²) in [6.45, 7) is 0. The quantitative estimate of drug-likeness (QED) is 0.573. The van der Waals surface area contributed by atoms with E-state index in [9.17, 15) is 23.3 Å². The second-order valence-electron chi connectivity index (χ2n) is 2.44. The molecule has 0 spiro atoms. The topological polar surface area (TPSA) is 89.0 Å². The van der Waals surface area contributed by atoms with E-state index in [1.807, 2.05) is 0 Å². The van der Waals surface area contributed by atoms with E-state index in [0.29, 0.717) is 0 Å². The van der Waals surface area contributed by atoms with Crippen LogP contribution in [0.15, 0.2) is 12.1 Å². The number of hydrogen-bond donors (Lipinski definition) is 0. The first-order chi connectivity index (χ1) is 7.33. The van der Waals surface area contributed by atoms with Crippen molar-refractivity contribution in [1.29, 1.82) is 5.26 Å². The molecular formula is C7H2F3N3O3. The largest absolute Gasteiger partial charge is 0.575 e. The number of nitriles is 1. The van der Waals surface area contributed by atoms with Crippen LogP contribution in [-0.2, 0) is 0 Å². The first kappa shape index (κ1) is 11.7. The van der Waals surface area contributed by atoms with Gasteiger partial charge in [0.2, 0.25) is 0 Å². The van der Waals surface area contributed by atoms with E-state index in [4.69, 9.17) is 5.26 Å². The second kappa shape index (κ2) is 4.01. The third-order valence-corrected chi connectivity index (χ3v) is 1.36. The van der Waals surface area contributed by atoms with Gasteiger partial charge in [-0.05, 0) is 11.0 Å². The molecule has 6 nitrogen and oxygen atoms in total. The molecule has 0 atom stereocenters. The van der Waals surface area contributed by atoms with Gasteiger partial charge in [-0.1, -0.05) is 0 Å². The van der Waals surface area contributed by atoms with Crippen LogP contribution in [0, 0.1) is 21.4 Å². The highest BCUT2D eigenvalue weighted by Gasteiger charge is 2.34. The van der Waals surface area contributed by atoms with Crippen molar-refractivity contribution >= 4 is 5.82 Å². The van der Waals surface area contributed by atoms with Crippen molar-refractivity contribution in [3.05, 3.63) is 27.8 Å². The average Bonchev–Trinajstić information content (AvgIpc) is 2.15. The highest BCUT2D eigenvalue weighted by Crippen LogP contribution is 2.24. The van der Waals surface area contributed by atoms with Gasteiger partial charge in [-0.3, -0.25) is 0 Å². The predicted molar refractivity (Wildman–Crippen MR) is 42.3 cm³/mol. The molecule has 0 aliphatic heterocycles. The zero-order valence-electron chi connectivity index (χ0n) is 7.35. The number of nitrogens with zero attached hydrogens (tertiary/aromatic N) is 3. The summed E-state index contributed by atoms with van der Waals surface area (Å²) >= 11 is 0. The first-order valence-electron chi connectivity index (χ1n) is 3.65. The lowest BCUT2D eigenvalue weighted by molar-refractivity contribution is -0.390. The van der Waals surface area contributed by atoms with Gasteiger partial charge in [-0.2, -0.15) is 5.26 Å². The molecule has 1 rings (SSSR count). The van der Waals surface area contributed by atoms with Crippen molar-refractivity contribution in [2.75, 3.05) is 0 Å². The number of hydrogen-bond acceptors (Lipinski definition) is 5. The molecular weight excluding hydrogens is 231 g/mol. The van der Waals surface area contributed by atoms with E-state index in [1.165, 1.54) is 6.07 Å². The number of alkyl halides is 3. The van der Waals surface area contributed by atoms with Gasteiger partial charge in [-0.25, -0.2) is 0 Å². The Hall–Kier alpha value is -2.37. The van der Waals surface area contributed by atoms with Gasteiger partial charge in [-0.15, -0.1) is 13.2 Å². The monoisotopic (exact) mass is 233 g/mol. The van der Waals surface area contributed by atoms with Crippen molar-refractivity contribution in [1.82, 2.24) is 4.98 Å². The number of ether oxygens (including phenoxy) is 1. The van der Waals surface area contributed by atoms with Crippen LogP contribution in [0.3, 0.4) is 0 Å². The van der Waals surface area contributed by atoms with E-state index < -0.39 is 28.5 Å². The minimum Gasteiger partial charge on any atom is -0.366 e. The van der Waals surface area contributed by atoms with Crippen LogP contribution in [-0.4, -0.2) is 16.3 Å². The Morgan fingerprint density at radius 3 is 2.56 bits per heavy atom. The number of rotatable bonds is 2. The van der Waals surface area contributed by atoms with Crippen LogP contribution in [0.5, 0.6) is 5.88 Å². The summed E-state index contributed by atoms with van der Waals surface area (Å²) in [5.74, 6) is -1.97. The molecule has 1 heterocycles. The second-order valence-corrected chi connectivity index (χ2v) is 2.44. The van der Waals surface area contributed by atoms with Crippen LogP contribution in [0.1, 0.15) is 5.56 Å². The molecule has 0 bridgehead atoms. The lowest BCUT2D eigenvalue weighted by atomic mass is 10.3. The summed E-state index contributed by atoms with van der Waals surface area (Å²) in [6, 6.07) is 2.97. The van der Waals surface area contributed by atoms with Crippen LogP contribution in [0.25, 0.3) is 0 Å². The lowest BCUT2D eigenvalue weighted by Gasteiger charge is -2.04. The summed E-state index contributed by atoms with van der Waals surface area (Å²) in [4.78, 5) is 12.3. The van der Waals surface area contributed by atoms with Crippen molar-refractivity contribution in [2.45, 2.75) is 6.36 Å². The maximum atomic E-state index is 11.8. The van der Waals surface area contributed by atoms with E-state index in [-0.39, 0.29) is 0 Å². The van der Waals surface area contributed by atoms with Gasteiger partial charge in [0.15, 0.2) is 0 Å². The van der Waals surface area contributed by atoms with Gasteiger partial charge in [0.25, 0.3) is 0 Å². The highest BCUT2D eigenvalue weighted by atomic mass is 19.4. The molecule has 0 aromatic carbocycles. The smallest absolute Gasteiger partial charge is 0.366 e. The fraction of sp³-hybridized carbons (Fsp3) is 0.143. The predicted octanol–water partition coefficient (Wildman–Crippen LogP) is 1.76. The van der Waals surface area contributed by atoms with Crippen LogP contribution >= 0.6 is 0 Å². The first-order valence-corrected chi connectivity index (χ1v) is 3.65. The highest BCUT2D eigenvalue weighted by molar-refractivity contribution is 5.44. The Morgan fingerprint density at radius 1 is 1.50 bits per heavy atom. The number of pyridine rings is 1. The molecule has 1 aromatic rings. The Morgan fingerprint density at radius 2 is 2.12 bits per heavy atom. The van der Waals surface area contributed by atoms with Crippen molar-refractivity contribution < 1.29 is 22.8 Å². The van der Waals surface area contributed by atoms with Crippen molar-refractivity contribution in [3.63, 3.8) is 0 Å². The van der Waals surface area contributed by atoms with E-state index in [2.05, 4.69) is 9.72 Å². The molecule has 16 heavy (non-hydrogen) atoms. The van der Waals surface area contributed by atoms with E-state index in [1.54, 1.807) is 0 Å². The zero-order chi connectivity index (χ0) is 12.3. The maximum Gasteiger partial charge on any atom is 0.575 e. The number of nitro groups is 1. The Kier molecular flexibility index (Phi) is 2.94. The standard InChI is InChI=1S/C7H2F3N3O3/c8-7(9,10)16-5-2-1-4(3-11)6(12-5)13(14)15/h1-2H. The SMILES string of the molecule is N#Cc1ccc(OC(F)(F)F)nc1[N+](=O)[O-]. The Labute approximate surface area is 86.0 Å². The molecule has 0 N–H and O–H groups in total. The van der Waals surface area contributed by atoms with E-state index in [0.717, 1.165) is 12.1 Å². The summed E-state index contributed by atoms with van der Waals surface area (Å²) in [5.41, 5.74) is -0.445. The normalized spacial score (nSPS) is 10.6. The average molecular weight is 233 g/mol. The molecule has 0 aliphatic rings. The molecule has 84 valence electrons. The van der Waals surface area contributed by atoms with Gasteiger partial charge in [0.1, 0.15) is 11.6 Å². The van der Waals surface area contributed by atoms with Gasteiger partial charge in [0.05, 0.1) is 0 Å². The lowest BCUT2D eigenvalue weighted by Crippen LogP contribution is -2.18. The Bertz CT molecular complexity index is 466. The summed E-state index contributed by atoms with van der Waals surface area (Å²) in [7, 11) is 0. The molecule has 1 aromatic heterocycles. The maximum absolute atomic E-state index is 11.8. The molecule has 0 aliphatic carbocycles. The molecule has 0 fully saturated rings. The van der Waals surface area contributed by atoms with Crippen molar-refractivity contribution in [3.8, 4) is 11.9 Å². The van der Waals surface area contributed by atoms with Crippen LogP contribution < -0.4 is 4.74 Å². The summed E-state index contributed by atoms with van der Waals surface area (Å²) < 4.78 is 38.6. The fourth-order valence-electron chi connectivity index (χ4n) is 0.833. The fourth-order valence-corrected chi connectivity index (χ4v) is 0.833. The summed E-state index contributed by atoms with van der Waals surface area (Å²) in [5, 5.41) is 18.8. The molecule has 9 heteroatoms. The van der Waals surface area contributed by atoms with Gasteiger partial charge in [0, 0.05) is 11.1 Å². The molecule has 0 unspecified atom stereocenters. The van der Waals surface area contributed by atoms with Gasteiger partial charge < -0.3 is 14.9 Å². The molecule has 0 radical (unpaired) electrons. The molecule has 0 saturated heterocycles. The number of aromatic nitrogens is 1. The molecule has 0 amide bonds. The Balaban J connectivity index is 3.14. The van der Waals surface area contributed by atoms with Crippen LogP contribution in [0.2, 0.25) is 0 Å².